The molecule has 3 unspecified atom stereocenters. The van der Waals surface area contributed by atoms with E-state index in [1.165, 1.54) is 6.07 Å². The van der Waals surface area contributed by atoms with Gasteiger partial charge in [0, 0.05) is 23.6 Å². The van der Waals surface area contributed by atoms with Gasteiger partial charge in [0.1, 0.15) is 24.6 Å². The van der Waals surface area contributed by atoms with E-state index >= 15 is 0 Å². The topological polar surface area (TPSA) is 175 Å². The predicted octanol–water partition coefficient (Wildman–Crippen LogP) is 10.5. The van der Waals surface area contributed by atoms with Crippen LogP contribution in [0.3, 0.4) is 0 Å². The molecule has 1 fully saturated rings. The van der Waals surface area contributed by atoms with E-state index in [1.807, 2.05) is 65.2 Å². The van der Waals surface area contributed by atoms with Crippen molar-refractivity contribution in [1.29, 1.82) is 0 Å². The van der Waals surface area contributed by atoms with Crippen molar-refractivity contribution in [3.05, 3.63) is 101 Å². The summed E-state index contributed by atoms with van der Waals surface area (Å²) in [6.07, 6.45) is 1.09. The summed E-state index contributed by atoms with van der Waals surface area (Å²) < 4.78 is 34.8. The van der Waals surface area contributed by atoms with E-state index in [0.29, 0.717) is 35.6 Å². The third-order valence-electron chi connectivity index (χ3n) is 11.9. The minimum atomic E-state index is -2.23. The minimum Gasteiger partial charge on any atom is -0.471 e. The van der Waals surface area contributed by atoms with Gasteiger partial charge in [-0.25, -0.2) is 4.98 Å². The summed E-state index contributed by atoms with van der Waals surface area (Å²) >= 11 is 0. The lowest BCUT2D eigenvalue weighted by atomic mass is 10.1. The highest BCUT2D eigenvalue weighted by atomic mass is 28.4. The van der Waals surface area contributed by atoms with Gasteiger partial charge in [0.15, 0.2) is 27.8 Å². The van der Waals surface area contributed by atoms with Crippen LogP contribution in [0.4, 0.5) is 17.3 Å². The number of nitrogens with zero attached hydrogens (tertiary/aromatic N) is 7. The van der Waals surface area contributed by atoms with Crippen molar-refractivity contribution in [3.63, 3.8) is 0 Å². The molecule has 0 bridgehead atoms. The monoisotopic (exact) mass is 850 g/mol. The molecule has 0 radical (unpaired) electrons. The van der Waals surface area contributed by atoms with Crippen LogP contribution in [0.1, 0.15) is 59.8 Å². The van der Waals surface area contributed by atoms with Crippen LogP contribution in [0.2, 0.25) is 36.3 Å². The predicted molar refractivity (Wildman–Crippen MR) is 235 cm³/mol. The number of fused-ring (bicyclic) bond motifs is 1. The second-order valence-corrected chi connectivity index (χ2v) is 27.8. The highest BCUT2D eigenvalue weighted by Crippen LogP contribution is 2.43. The Hall–Kier alpha value is -5.34. The number of benzene rings is 3. The van der Waals surface area contributed by atoms with Crippen LogP contribution in [-0.2, 0) is 20.2 Å². The number of nitro benzene ring substituents is 1. The average molecular weight is 851 g/mol. The maximum atomic E-state index is 12.4. The molecule has 60 heavy (non-hydrogen) atoms. The fourth-order valence-electron chi connectivity index (χ4n) is 6.28. The van der Waals surface area contributed by atoms with E-state index in [1.54, 1.807) is 18.5 Å². The molecule has 1 N–H and O–H groups in total. The molecule has 1 saturated heterocycles. The van der Waals surface area contributed by atoms with Gasteiger partial charge in [-0.2, -0.15) is 9.97 Å². The third-order valence-corrected chi connectivity index (χ3v) is 20.9. The first-order chi connectivity index (χ1) is 28.3. The molecule has 0 saturated carbocycles. The fraction of sp³-hybridized carbons (Fsp3) is 0.419. The Morgan fingerprint density at radius 3 is 2.17 bits per heavy atom. The molecule has 6 aromatic rings. The van der Waals surface area contributed by atoms with Crippen LogP contribution in [0.25, 0.3) is 34.1 Å². The van der Waals surface area contributed by atoms with Crippen molar-refractivity contribution in [3.8, 4) is 28.8 Å². The Bertz CT molecular complexity index is 2450. The highest BCUT2D eigenvalue weighted by Gasteiger charge is 2.47. The first-order valence-electron chi connectivity index (χ1n) is 20.1. The van der Waals surface area contributed by atoms with Gasteiger partial charge in [-0.1, -0.05) is 90.1 Å². The van der Waals surface area contributed by atoms with Gasteiger partial charge >= 0.3 is 0 Å². The number of rotatable bonds is 14. The molecular formula is C43H54N8O7Si2. The van der Waals surface area contributed by atoms with E-state index in [2.05, 4.69) is 83.2 Å². The van der Waals surface area contributed by atoms with Crippen LogP contribution in [0.15, 0.2) is 89.6 Å². The van der Waals surface area contributed by atoms with Gasteiger partial charge in [-0.15, -0.1) is 10.2 Å². The summed E-state index contributed by atoms with van der Waals surface area (Å²) in [7, 11) is -4.35. The number of hydrogen-bond acceptors (Lipinski definition) is 13. The number of ether oxygens (including phenoxy) is 2. The van der Waals surface area contributed by atoms with E-state index in [9.17, 15) is 10.1 Å². The van der Waals surface area contributed by atoms with Crippen LogP contribution in [0.5, 0.6) is 5.88 Å². The van der Waals surface area contributed by atoms with Crippen molar-refractivity contribution in [2.75, 3.05) is 11.9 Å². The summed E-state index contributed by atoms with van der Waals surface area (Å²) in [6.45, 7) is 22.9. The average Bonchev–Trinajstić information content (AvgIpc) is 3.95. The Morgan fingerprint density at radius 2 is 1.52 bits per heavy atom. The smallest absolute Gasteiger partial charge is 0.292 e. The van der Waals surface area contributed by atoms with E-state index in [-0.39, 0.29) is 58.0 Å². The number of nitrogens with one attached hydrogen (secondary N) is 1. The second-order valence-electron chi connectivity index (χ2n) is 18.2. The van der Waals surface area contributed by atoms with E-state index < -0.39 is 27.8 Å². The lowest BCUT2D eigenvalue weighted by Gasteiger charge is -2.40. The standard InChI is InChI=1S/C43H54N8O7Si2/c1-42(2,3)59(7,8)55-26-34-33(58-60(9,10)43(4,5)6)24-35(56-34)50-27-44-36-37(50)46-41(47-40(36)54-25-28-17-13-11-14-18-28)45-31-23-30(21-22-32(31)51(52)53)39-49-48-38(57-39)29-19-15-12-16-20-29/h11-23,27,33-35H,24-26H2,1-10H3,(H,45,46,47). The van der Waals surface area contributed by atoms with Gasteiger partial charge in [0.05, 0.1) is 24.0 Å². The van der Waals surface area contributed by atoms with Crippen LogP contribution in [-0.4, -0.2) is 70.1 Å². The maximum absolute atomic E-state index is 12.4. The van der Waals surface area contributed by atoms with E-state index in [0.717, 1.165) is 11.1 Å². The Labute approximate surface area is 352 Å². The lowest BCUT2D eigenvalue weighted by molar-refractivity contribution is -0.383. The minimum absolute atomic E-state index is 0.0167. The highest BCUT2D eigenvalue weighted by molar-refractivity contribution is 6.74. The quantitative estimate of drug-likeness (QED) is 0.0623. The van der Waals surface area contributed by atoms with Gasteiger partial charge in [-0.3, -0.25) is 14.7 Å². The molecule has 3 aromatic carbocycles. The van der Waals surface area contributed by atoms with Crippen molar-refractivity contribution >= 4 is 45.1 Å². The van der Waals surface area contributed by atoms with Gasteiger partial charge in [0.2, 0.25) is 23.6 Å². The zero-order valence-corrected chi connectivity index (χ0v) is 37.9. The molecule has 4 heterocycles. The Morgan fingerprint density at radius 1 is 0.867 bits per heavy atom. The van der Waals surface area contributed by atoms with Gasteiger partial charge in [-0.05, 0) is 66.1 Å². The number of aromatic nitrogens is 6. The molecule has 7 rings (SSSR count). The molecule has 0 spiro atoms. The number of anilines is 2. The first kappa shape index (κ1) is 42.8. The Balaban J connectivity index is 1.26. The first-order valence-corrected chi connectivity index (χ1v) is 25.9. The van der Waals surface area contributed by atoms with Gasteiger partial charge in [0.25, 0.3) is 5.69 Å². The molecule has 3 aromatic heterocycles. The largest absolute Gasteiger partial charge is 0.471 e. The van der Waals surface area contributed by atoms with Crippen molar-refractivity contribution in [2.24, 2.45) is 0 Å². The molecule has 0 aliphatic carbocycles. The summed E-state index contributed by atoms with van der Waals surface area (Å²) in [4.78, 5) is 26.3. The summed E-state index contributed by atoms with van der Waals surface area (Å²) in [6, 6.07) is 23.5. The van der Waals surface area contributed by atoms with E-state index in [4.69, 9.17) is 37.7 Å². The Kier molecular flexibility index (Phi) is 11.8. The number of imidazole rings is 1. The molecule has 15 nitrogen and oxygen atoms in total. The third kappa shape index (κ3) is 9.19. The molecule has 316 valence electrons. The number of hydrogen-bond donors (Lipinski definition) is 1. The van der Waals surface area contributed by atoms with Crippen LogP contribution >= 0.6 is 0 Å². The molecule has 3 atom stereocenters. The van der Waals surface area contributed by atoms with Crippen molar-refractivity contribution in [1.82, 2.24) is 29.7 Å². The SMILES string of the molecule is CC(C)(C)[Si](C)(C)OCC1OC(n2cnc3c(OCc4ccccc4)nc(Nc4cc(-c5nnc(-c6ccccc6)o5)ccc4[N+](=O)[O-])nc32)CC1O[Si](C)(C)C(C)(C)C. The van der Waals surface area contributed by atoms with Crippen LogP contribution < -0.4 is 10.1 Å². The van der Waals surface area contributed by atoms with Gasteiger partial charge < -0.3 is 28.1 Å². The summed E-state index contributed by atoms with van der Waals surface area (Å²) in [5.41, 5.74) is 2.86. The lowest BCUT2D eigenvalue weighted by Crippen LogP contribution is -2.48. The number of nitro groups is 1. The van der Waals surface area contributed by atoms with Crippen LogP contribution in [0, 0.1) is 10.1 Å². The summed E-state index contributed by atoms with van der Waals surface area (Å²) in [5, 5.41) is 23.9. The van der Waals surface area contributed by atoms with Crippen molar-refractivity contribution in [2.45, 2.75) is 109 Å². The molecule has 1 aliphatic rings. The second kappa shape index (κ2) is 16.6. The zero-order valence-electron chi connectivity index (χ0n) is 35.9. The normalized spacial score (nSPS) is 17.6. The van der Waals surface area contributed by atoms with Crippen molar-refractivity contribution < 1.29 is 27.7 Å². The molecular weight excluding hydrogens is 797 g/mol. The molecule has 1 aliphatic heterocycles. The zero-order chi connectivity index (χ0) is 43.0. The fourth-order valence-corrected chi connectivity index (χ4v) is 8.65. The molecule has 0 amide bonds. The molecule has 17 heteroatoms. The maximum Gasteiger partial charge on any atom is 0.292 e. The summed E-state index contributed by atoms with van der Waals surface area (Å²) in [5.74, 6) is 0.750.